The third-order valence-corrected chi connectivity index (χ3v) is 1.85. The maximum absolute atomic E-state index is 12.9. The van der Waals surface area contributed by atoms with Gasteiger partial charge in [0.1, 0.15) is 5.82 Å². The second-order valence-electron chi connectivity index (χ2n) is 2.39. The van der Waals surface area contributed by atoms with E-state index in [1.807, 2.05) is 0 Å². The molecule has 0 aliphatic carbocycles. The van der Waals surface area contributed by atoms with Crippen LogP contribution in [0.5, 0.6) is 0 Å². The van der Waals surface area contributed by atoms with Crippen molar-refractivity contribution in [3.8, 4) is 0 Å². The van der Waals surface area contributed by atoms with E-state index >= 15 is 0 Å². The van der Waals surface area contributed by atoms with Crippen LogP contribution in [0, 0.1) is 5.82 Å². The van der Waals surface area contributed by atoms with Gasteiger partial charge in [-0.2, -0.15) is 0 Å². The van der Waals surface area contributed by atoms with Gasteiger partial charge in [-0.15, -0.1) is 0 Å². The number of benzene rings is 1. The summed E-state index contributed by atoms with van der Waals surface area (Å²) in [4.78, 5) is 10.3. The van der Waals surface area contributed by atoms with E-state index in [4.69, 9.17) is 21.6 Å². The van der Waals surface area contributed by atoms with E-state index in [0.29, 0.717) is 6.29 Å². The van der Waals surface area contributed by atoms with Crippen LogP contribution < -0.4 is 5.46 Å². The van der Waals surface area contributed by atoms with Crippen molar-refractivity contribution in [1.82, 2.24) is 0 Å². The molecule has 0 aliphatic heterocycles. The quantitative estimate of drug-likeness (QED) is 0.523. The average Bonchev–Trinajstić information content (AvgIpc) is 2.07. The number of halogens is 2. The molecule has 0 unspecified atom stereocenters. The molecule has 0 amide bonds. The monoisotopic (exact) mass is 202 g/mol. The van der Waals surface area contributed by atoms with Gasteiger partial charge in [-0.3, -0.25) is 4.79 Å². The number of carbonyl (C=O) groups excluding carboxylic acids is 1. The molecule has 0 spiro atoms. The first-order valence-corrected chi connectivity index (χ1v) is 3.74. The van der Waals surface area contributed by atoms with Gasteiger partial charge < -0.3 is 10.0 Å². The Balaban J connectivity index is 3.28. The SMILES string of the molecule is O=Cc1cc(F)c(B(O)O)cc1Cl. The van der Waals surface area contributed by atoms with Crippen LogP contribution in [0.15, 0.2) is 12.1 Å². The van der Waals surface area contributed by atoms with Crippen LogP contribution in [0.1, 0.15) is 10.4 Å². The van der Waals surface area contributed by atoms with E-state index in [1.165, 1.54) is 0 Å². The first-order valence-electron chi connectivity index (χ1n) is 3.36. The molecule has 3 nitrogen and oxygen atoms in total. The van der Waals surface area contributed by atoms with Crippen molar-refractivity contribution in [3.63, 3.8) is 0 Å². The minimum absolute atomic E-state index is 0.0144. The summed E-state index contributed by atoms with van der Waals surface area (Å²) in [6.07, 6.45) is 0.388. The smallest absolute Gasteiger partial charge is 0.423 e. The number of aldehydes is 1. The molecule has 1 aromatic carbocycles. The van der Waals surface area contributed by atoms with Crippen molar-refractivity contribution in [2.24, 2.45) is 0 Å². The molecule has 0 saturated heterocycles. The number of hydrogen-bond donors (Lipinski definition) is 2. The first kappa shape index (κ1) is 10.2. The summed E-state index contributed by atoms with van der Waals surface area (Å²) in [6, 6.07) is 1.86. The van der Waals surface area contributed by atoms with Gasteiger partial charge in [0, 0.05) is 11.0 Å². The largest absolute Gasteiger partial charge is 0.491 e. The summed E-state index contributed by atoms with van der Waals surface area (Å²) < 4.78 is 12.9. The van der Waals surface area contributed by atoms with Crippen molar-refractivity contribution >= 4 is 30.5 Å². The van der Waals surface area contributed by atoms with Gasteiger partial charge in [-0.05, 0) is 12.1 Å². The molecule has 13 heavy (non-hydrogen) atoms. The van der Waals surface area contributed by atoms with Crippen LogP contribution >= 0.6 is 11.6 Å². The Hall–Kier alpha value is -0.905. The normalized spacial score (nSPS) is 9.85. The number of rotatable bonds is 2. The Morgan fingerprint density at radius 2 is 2.08 bits per heavy atom. The fourth-order valence-corrected chi connectivity index (χ4v) is 1.08. The summed E-state index contributed by atoms with van der Waals surface area (Å²) >= 11 is 5.53. The van der Waals surface area contributed by atoms with E-state index in [-0.39, 0.29) is 16.0 Å². The van der Waals surface area contributed by atoms with E-state index in [0.717, 1.165) is 12.1 Å². The summed E-state index contributed by atoms with van der Waals surface area (Å²) in [5.41, 5.74) is -0.376. The van der Waals surface area contributed by atoms with E-state index in [1.54, 1.807) is 0 Å². The molecule has 0 saturated carbocycles. The third kappa shape index (κ3) is 2.06. The second kappa shape index (κ2) is 3.87. The molecule has 0 bridgehead atoms. The Bertz CT molecular complexity index is 343. The molecule has 1 rings (SSSR count). The van der Waals surface area contributed by atoms with Crippen LogP contribution in [0.4, 0.5) is 4.39 Å². The Labute approximate surface area is 78.9 Å². The van der Waals surface area contributed by atoms with Crippen molar-refractivity contribution in [3.05, 3.63) is 28.5 Å². The van der Waals surface area contributed by atoms with Gasteiger partial charge in [-0.1, -0.05) is 11.6 Å². The molecule has 68 valence electrons. The van der Waals surface area contributed by atoms with Gasteiger partial charge >= 0.3 is 7.12 Å². The van der Waals surface area contributed by atoms with Gasteiger partial charge in [0.05, 0.1) is 5.02 Å². The van der Waals surface area contributed by atoms with Gasteiger partial charge in [0.2, 0.25) is 0 Å². The van der Waals surface area contributed by atoms with Gasteiger partial charge in [0.15, 0.2) is 6.29 Å². The predicted octanol–water partition coefficient (Wildman–Crippen LogP) is -0.0286. The van der Waals surface area contributed by atoms with Crippen LogP contribution in [0.25, 0.3) is 0 Å². The fraction of sp³-hybridized carbons (Fsp3) is 0. The highest BCUT2D eigenvalue weighted by Crippen LogP contribution is 2.13. The van der Waals surface area contributed by atoms with Crippen LogP contribution in [0.3, 0.4) is 0 Å². The topological polar surface area (TPSA) is 57.5 Å². The molecule has 0 radical (unpaired) electrons. The molecule has 0 aromatic heterocycles. The molecule has 0 fully saturated rings. The Morgan fingerprint density at radius 3 is 2.54 bits per heavy atom. The molecule has 0 heterocycles. The van der Waals surface area contributed by atoms with Crippen LogP contribution in [0.2, 0.25) is 5.02 Å². The second-order valence-corrected chi connectivity index (χ2v) is 2.79. The lowest BCUT2D eigenvalue weighted by Gasteiger charge is -2.03. The van der Waals surface area contributed by atoms with Crippen LogP contribution in [-0.4, -0.2) is 23.5 Å². The standard InChI is InChI=1S/C7H5BClFO3/c9-6-2-5(8(12)13)7(10)1-4(6)3-11/h1-3,12-13H. The van der Waals surface area contributed by atoms with Gasteiger partial charge in [-0.25, -0.2) is 4.39 Å². The summed E-state index contributed by atoms with van der Waals surface area (Å²) in [7, 11) is -1.93. The minimum Gasteiger partial charge on any atom is -0.423 e. The first-order chi connectivity index (χ1) is 6.06. The van der Waals surface area contributed by atoms with E-state index in [9.17, 15) is 9.18 Å². The number of hydrogen-bond acceptors (Lipinski definition) is 3. The highest BCUT2D eigenvalue weighted by Gasteiger charge is 2.18. The lowest BCUT2D eigenvalue weighted by atomic mass is 9.79. The lowest BCUT2D eigenvalue weighted by Crippen LogP contribution is -2.32. The van der Waals surface area contributed by atoms with Crippen molar-refractivity contribution < 1.29 is 19.2 Å². The maximum Gasteiger partial charge on any atom is 0.491 e. The van der Waals surface area contributed by atoms with E-state index < -0.39 is 12.9 Å². The highest BCUT2D eigenvalue weighted by atomic mass is 35.5. The zero-order valence-electron chi connectivity index (χ0n) is 6.37. The molecule has 0 atom stereocenters. The molecular weight excluding hydrogens is 197 g/mol. The summed E-state index contributed by atoms with van der Waals surface area (Å²) in [6.45, 7) is 0. The zero-order valence-corrected chi connectivity index (χ0v) is 7.12. The Morgan fingerprint density at radius 1 is 1.46 bits per heavy atom. The molecular formula is C7H5BClFO3. The molecule has 2 N–H and O–H groups in total. The number of carbonyl (C=O) groups is 1. The van der Waals surface area contributed by atoms with Crippen molar-refractivity contribution in [2.75, 3.05) is 0 Å². The van der Waals surface area contributed by atoms with Crippen LogP contribution in [-0.2, 0) is 0 Å². The molecule has 0 aliphatic rings. The third-order valence-electron chi connectivity index (χ3n) is 1.52. The zero-order chi connectivity index (χ0) is 10.0. The molecule has 1 aromatic rings. The average molecular weight is 202 g/mol. The highest BCUT2D eigenvalue weighted by molar-refractivity contribution is 6.59. The lowest BCUT2D eigenvalue weighted by molar-refractivity contribution is 0.112. The summed E-state index contributed by atoms with van der Waals surface area (Å²) in [5, 5.41) is 17.3. The predicted molar refractivity (Wildman–Crippen MR) is 46.6 cm³/mol. The Kier molecular flexibility index (Phi) is 3.03. The molecule has 6 heteroatoms. The van der Waals surface area contributed by atoms with Gasteiger partial charge in [0.25, 0.3) is 0 Å². The van der Waals surface area contributed by atoms with E-state index in [2.05, 4.69) is 0 Å². The maximum atomic E-state index is 12.9. The minimum atomic E-state index is -1.93. The van der Waals surface area contributed by atoms with Crippen molar-refractivity contribution in [2.45, 2.75) is 0 Å². The summed E-state index contributed by atoms with van der Waals surface area (Å²) in [5.74, 6) is -0.874. The van der Waals surface area contributed by atoms with Crippen molar-refractivity contribution in [1.29, 1.82) is 0 Å². The fourth-order valence-electron chi connectivity index (χ4n) is 0.866.